The van der Waals surface area contributed by atoms with Crippen LogP contribution in [0.25, 0.3) is 10.2 Å². The summed E-state index contributed by atoms with van der Waals surface area (Å²) in [5.41, 5.74) is 0.940. The summed E-state index contributed by atoms with van der Waals surface area (Å²) >= 11 is 1.53. The summed E-state index contributed by atoms with van der Waals surface area (Å²) in [7, 11) is 0. The van der Waals surface area contributed by atoms with Gasteiger partial charge in [-0.25, -0.2) is 4.98 Å². The Labute approximate surface area is 139 Å². The second-order valence-corrected chi connectivity index (χ2v) is 7.46. The third kappa shape index (κ3) is 3.71. The molecule has 23 heavy (non-hydrogen) atoms. The van der Waals surface area contributed by atoms with Crippen LogP contribution in [0.4, 0.5) is 5.13 Å². The second-order valence-electron chi connectivity index (χ2n) is 6.43. The van der Waals surface area contributed by atoms with Crippen molar-refractivity contribution in [3.8, 4) is 0 Å². The molecular formula is C17H21N3O2S. The number of hydrogen-bond donors (Lipinski definition) is 1. The lowest BCUT2D eigenvalue weighted by Crippen LogP contribution is -2.38. The molecule has 1 amide bonds. The molecule has 1 atom stereocenters. The first kappa shape index (κ1) is 15.1. The van der Waals surface area contributed by atoms with Crippen molar-refractivity contribution in [3.63, 3.8) is 0 Å². The van der Waals surface area contributed by atoms with Crippen LogP contribution in [-0.4, -0.2) is 48.1 Å². The van der Waals surface area contributed by atoms with Gasteiger partial charge in [-0.15, -0.1) is 0 Å². The summed E-state index contributed by atoms with van der Waals surface area (Å²) in [6.07, 6.45) is 3.53. The van der Waals surface area contributed by atoms with Gasteiger partial charge in [-0.3, -0.25) is 9.69 Å². The zero-order valence-electron chi connectivity index (χ0n) is 13.0. The molecule has 2 aliphatic rings. The number of benzene rings is 1. The molecule has 2 aromatic rings. The molecule has 1 aliphatic carbocycles. The van der Waals surface area contributed by atoms with Gasteiger partial charge in [-0.2, -0.15) is 0 Å². The van der Waals surface area contributed by atoms with E-state index < -0.39 is 0 Å². The molecule has 5 nitrogen and oxygen atoms in total. The lowest BCUT2D eigenvalue weighted by atomic mass is 10.1. The Balaban J connectivity index is 1.37. The van der Waals surface area contributed by atoms with Crippen LogP contribution in [0.3, 0.4) is 0 Å². The molecule has 0 bridgehead atoms. The number of hydrogen-bond acceptors (Lipinski definition) is 5. The Morgan fingerprint density at radius 1 is 1.35 bits per heavy atom. The van der Waals surface area contributed by atoms with Gasteiger partial charge in [0, 0.05) is 19.2 Å². The quantitative estimate of drug-likeness (QED) is 0.884. The van der Waals surface area contributed by atoms with E-state index in [1.54, 1.807) is 0 Å². The fourth-order valence-corrected chi connectivity index (χ4v) is 3.99. The summed E-state index contributed by atoms with van der Waals surface area (Å²) in [6.45, 7) is 3.12. The zero-order valence-corrected chi connectivity index (χ0v) is 13.8. The Morgan fingerprint density at radius 2 is 2.22 bits per heavy atom. The molecule has 1 saturated heterocycles. The average molecular weight is 331 g/mol. The van der Waals surface area contributed by atoms with E-state index in [1.165, 1.54) is 24.2 Å². The number of aromatic nitrogens is 1. The van der Waals surface area contributed by atoms with E-state index in [2.05, 4.69) is 15.2 Å². The molecule has 0 radical (unpaired) electrons. The van der Waals surface area contributed by atoms with Gasteiger partial charge in [-0.05, 0) is 37.3 Å². The van der Waals surface area contributed by atoms with Crippen molar-refractivity contribution < 1.29 is 9.53 Å². The number of nitrogens with one attached hydrogen (secondary N) is 1. The summed E-state index contributed by atoms with van der Waals surface area (Å²) in [4.78, 5) is 19.2. The highest BCUT2D eigenvalue weighted by atomic mass is 32.1. The highest BCUT2D eigenvalue weighted by Gasteiger charge is 2.32. The van der Waals surface area contributed by atoms with Crippen LogP contribution in [0, 0.1) is 5.92 Å². The molecule has 0 spiro atoms. The van der Waals surface area contributed by atoms with Gasteiger partial charge in [0.05, 0.1) is 23.4 Å². The maximum atomic E-state index is 12.4. The number of amides is 1. The van der Waals surface area contributed by atoms with Gasteiger partial charge in [0.2, 0.25) is 5.91 Å². The normalized spacial score (nSPS) is 21.2. The molecule has 6 heteroatoms. The molecular weight excluding hydrogens is 310 g/mol. The van der Waals surface area contributed by atoms with Gasteiger partial charge in [0.1, 0.15) is 0 Å². The van der Waals surface area contributed by atoms with E-state index in [0.717, 1.165) is 36.4 Å². The molecule has 122 valence electrons. The van der Waals surface area contributed by atoms with E-state index in [-0.39, 0.29) is 5.91 Å². The van der Waals surface area contributed by atoms with Gasteiger partial charge in [-0.1, -0.05) is 23.5 Å². The smallest absolute Gasteiger partial charge is 0.240 e. The third-order valence-corrected chi connectivity index (χ3v) is 5.42. The van der Waals surface area contributed by atoms with E-state index in [0.29, 0.717) is 23.6 Å². The van der Waals surface area contributed by atoms with Crippen molar-refractivity contribution in [1.29, 1.82) is 0 Å². The SMILES string of the molecule is O=C(CN(CC1CCOC1)C1CC1)Nc1nc2ccccc2s1. The van der Waals surface area contributed by atoms with Crippen LogP contribution in [0.1, 0.15) is 19.3 Å². The average Bonchev–Trinajstić information content (AvgIpc) is 3.11. The molecule has 1 aliphatic heterocycles. The summed E-state index contributed by atoms with van der Waals surface area (Å²) in [6, 6.07) is 8.53. The summed E-state index contributed by atoms with van der Waals surface area (Å²) in [5.74, 6) is 0.612. The van der Waals surface area contributed by atoms with E-state index >= 15 is 0 Å². The van der Waals surface area contributed by atoms with Crippen molar-refractivity contribution in [2.75, 3.05) is 31.6 Å². The maximum Gasteiger partial charge on any atom is 0.240 e. The van der Waals surface area contributed by atoms with Crippen LogP contribution < -0.4 is 5.32 Å². The van der Waals surface area contributed by atoms with Gasteiger partial charge >= 0.3 is 0 Å². The number of ether oxygens (including phenoxy) is 1. The molecule has 1 saturated carbocycles. The molecule has 1 N–H and O–H groups in total. The van der Waals surface area contributed by atoms with Gasteiger partial charge in [0.25, 0.3) is 0 Å². The predicted molar refractivity (Wildman–Crippen MR) is 91.8 cm³/mol. The maximum absolute atomic E-state index is 12.4. The van der Waals surface area contributed by atoms with Crippen molar-refractivity contribution >= 4 is 32.6 Å². The second kappa shape index (κ2) is 6.55. The first-order valence-electron chi connectivity index (χ1n) is 8.25. The largest absolute Gasteiger partial charge is 0.381 e. The Morgan fingerprint density at radius 3 is 2.96 bits per heavy atom. The number of anilines is 1. The fraction of sp³-hybridized carbons (Fsp3) is 0.529. The zero-order chi connectivity index (χ0) is 15.6. The molecule has 1 aromatic carbocycles. The molecule has 4 rings (SSSR count). The Kier molecular flexibility index (Phi) is 4.29. The fourth-order valence-electron chi connectivity index (χ4n) is 3.11. The molecule has 1 aromatic heterocycles. The third-order valence-electron chi connectivity index (χ3n) is 4.47. The molecule has 2 fully saturated rings. The number of thiazole rings is 1. The number of fused-ring (bicyclic) bond motifs is 1. The van der Waals surface area contributed by atoms with Crippen molar-refractivity contribution in [3.05, 3.63) is 24.3 Å². The molecule has 1 unspecified atom stereocenters. The first-order valence-corrected chi connectivity index (χ1v) is 9.07. The van der Waals surface area contributed by atoms with Gasteiger partial charge < -0.3 is 10.1 Å². The number of carbonyl (C=O) groups is 1. The van der Waals surface area contributed by atoms with Crippen LogP contribution in [0.5, 0.6) is 0 Å². The number of rotatable bonds is 6. The van der Waals surface area contributed by atoms with Crippen molar-refractivity contribution in [1.82, 2.24) is 9.88 Å². The van der Waals surface area contributed by atoms with Crippen molar-refractivity contribution in [2.24, 2.45) is 5.92 Å². The van der Waals surface area contributed by atoms with Crippen LogP contribution >= 0.6 is 11.3 Å². The van der Waals surface area contributed by atoms with E-state index in [4.69, 9.17) is 4.74 Å². The number of para-hydroxylation sites is 1. The lowest BCUT2D eigenvalue weighted by Gasteiger charge is -2.23. The van der Waals surface area contributed by atoms with Crippen LogP contribution in [-0.2, 0) is 9.53 Å². The highest BCUT2D eigenvalue weighted by Crippen LogP contribution is 2.29. The van der Waals surface area contributed by atoms with E-state index in [9.17, 15) is 4.79 Å². The Bertz CT molecular complexity index is 659. The van der Waals surface area contributed by atoms with Crippen molar-refractivity contribution in [2.45, 2.75) is 25.3 Å². The minimum atomic E-state index is 0.0369. The first-order chi connectivity index (χ1) is 11.3. The topological polar surface area (TPSA) is 54.5 Å². The Hall–Kier alpha value is -1.50. The van der Waals surface area contributed by atoms with Gasteiger partial charge in [0.15, 0.2) is 5.13 Å². The summed E-state index contributed by atoms with van der Waals surface area (Å²) < 4.78 is 6.56. The monoisotopic (exact) mass is 331 g/mol. The minimum absolute atomic E-state index is 0.0369. The molecule has 2 heterocycles. The number of nitrogens with zero attached hydrogens (tertiary/aromatic N) is 2. The van der Waals surface area contributed by atoms with Crippen LogP contribution in [0.2, 0.25) is 0 Å². The lowest BCUT2D eigenvalue weighted by molar-refractivity contribution is -0.117. The predicted octanol–water partition coefficient (Wildman–Crippen LogP) is 2.74. The standard InChI is InChI=1S/C17H21N3O2S/c21-16(19-17-18-14-3-1-2-4-15(14)23-17)10-20(13-5-6-13)9-12-7-8-22-11-12/h1-4,12-13H,5-11H2,(H,18,19,21). The van der Waals surface area contributed by atoms with Crippen LogP contribution in [0.15, 0.2) is 24.3 Å². The van der Waals surface area contributed by atoms with E-state index in [1.807, 2.05) is 24.3 Å². The summed E-state index contributed by atoms with van der Waals surface area (Å²) in [5, 5.41) is 3.66. The minimum Gasteiger partial charge on any atom is -0.381 e. The number of carbonyl (C=O) groups excluding carboxylic acids is 1. The highest BCUT2D eigenvalue weighted by molar-refractivity contribution is 7.22.